The maximum atomic E-state index is 13.8. The van der Waals surface area contributed by atoms with E-state index in [1.165, 1.54) is 23.5 Å². The zero-order valence-electron chi connectivity index (χ0n) is 16.9. The Kier molecular flexibility index (Phi) is 5.46. The lowest BCUT2D eigenvalue weighted by Crippen LogP contribution is -2.28. The lowest BCUT2D eigenvalue weighted by atomic mass is 9.93. The molecule has 0 unspecified atom stereocenters. The molecular weight excluding hydrogens is 401 g/mol. The SMILES string of the molecule is CC(C)c1cnn2c(N[C@H]3CCc4[nH]ncc4C3)cc(-c3cncc(F)c3)nc12.S. The molecule has 0 bridgehead atoms. The van der Waals surface area contributed by atoms with Gasteiger partial charge in [-0.2, -0.15) is 28.2 Å². The van der Waals surface area contributed by atoms with Crippen molar-refractivity contribution in [1.82, 2.24) is 29.8 Å². The van der Waals surface area contributed by atoms with E-state index in [-0.39, 0.29) is 31.3 Å². The van der Waals surface area contributed by atoms with Gasteiger partial charge in [0.1, 0.15) is 11.6 Å². The van der Waals surface area contributed by atoms with Crippen LogP contribution in [0.1, 0.15) is 43.0 Å². The van der Waals surface area contributed by atoms with E-state index in [2.05, 4.69) is 39.4 Å². The largest absolute Gasteiger partial charge is 0.367 e. The molecule has 0 saturated heterocycles. The summed E-state index contributed by atoms with van der Waals surface area (Å²) in [5.41, 5.74) is 5.62. The van der Waals surface area contributed by atoms with Crippen LogP contribution in [0.25, 0.3) is 16.9 Å². The first kappa shape index (κ1) is 20.3. The number of hydrogen-bond donors (Lipinski definition) is 2. The summed E-state index contributed by atoms with van der Waals surface area (Å²) >= 11 is 0. The number of pyridine rings is 1. The standard InChI is InChI=1S/C21H22FN7.H2S/c1-12(2)17-11-25-29-20(26-16-3-4-18-14(6-16)9-24-28-18)7-19(27-21(17)29)13-5-15(22)10-23-8-13;/h5,7-12,16,26H,3-4,6H2,1-2H3,(H,24,28);1H2/t16-;/m0./s1. The van der Waals surface area contributed by atoms with Gasteiger partial charge in [0.05, 0.1) is 24.3 Å². The van der Waals surface area contributed by atoms with Gasteiger partial charge in [0.25, 0.3) is 0 Å². The van der Waals surface area contributed by atoms with Crippen molar-refractivity contribution in [3.05, 3.63) is 59.6 Å². The highest BCUT2D eigenvalue weighted by molar-refractivity contribution is 7.59. The fraction of sp³-hybridized carbons (Fsp3) is 0.333. The molecule has 4 aromatic rings. The van der Waals surface area contributed by atoms with E-state index in [9.17, 15) is 4.39 Å². The molecule has 0 radical (unpaired) electrons. The van der Waals surface area contributed by atoms with Gasteiger partial charge in [-0.05, 0) is 36.8 Å². The first-order valence-electron chi connectivity index (χ1n) is 9.85. The van der Waals surface area contributed by atoms with Crippen LogP contribution < -0.4 is 5.32 Å². The molecule has 0 saturated carbocycles. The Morgan fingerprint density at radius 3 is 2.87 bits per heavy atom. The van der Waals surface area contributed by atoms with Gasteiger partial charge in [-0.15, -0.1) is 0 Å². The molecule has 7 nitrogen and oxygen atoms in total. The Hall–Kier alpha value is -2.94. The molecule has 1 atom stereocenters. The molecule has 0 amide bonds. The van der Waals surface area contributed by atoms with E-state index in [1.54, 1.807) is 6.20 Å². The number of aryl methyl sites for hydroxylation is 1. The quantitative estimate of drug-likeness (QED) is 0.519. The van der Waals surface area contributed by atoms with E-state index >= 15 is 0 Å². The van der Waals surface area contributed by atoms with E-state index in [0.717, 1.165) is 36.3 Å². The first-order chi connectivity index (χ1) is 14.1. The minimum Gasteiger partial charge on any atom is -0.367 e. The van der Waals surface area contributed by atoms with Gasteiger partial charge < -0.3 is 5.32 Å². The fourth-order valence-corrected chi connectivity index (χ4v) is 3.94. The molecule has 0 spiro atoms. The predicted molar refractivity (Wildman–Crippen MR) is 119 cm³/mol. The number of nitrogens with one attached hydrogen (secondary N) is 2. The Morgan fingerprint density at radius 1 is 1.20 bits per heavy atom. The van der Waals surface area contributed by atoms with Crippen molar-refractivity contribution in [3.63, 3.8) is 0 Å². The normalized spacial score (nSPS) is 15.8. The molecule has 5 rings (SSSR count). The van der Waals surface area contributed by atoms with Crippen LogP contribution in [0.4, 0.5) is 10.2 Å². The van der Waals surface area contributed by atoms with Crippen LogP contribution in [0.2, 0.25) is 0 Å². The van der Waals surface area contributed by atoms with Gasteiger partial charge in [-0.25, -0.2) is 9.37 Å². The summed E-state index contributed by atoms with van der Waals surface area (Å²) in [5.74, 6) is 0.742. The molecule has 156 valence electrons. The average molecular weight is 426 g/mol. The summed E-state index contributed by atoms with van der Waals surface area (Å²) in [7, 11) is 0. The lowest BCUT2D eigenvalue weighted by Gasteiger charge is -2.24. The fourth-order valence-electron chi connectivity index (χ4n) is 3.94. The summed E-state index contributed by atoms with van der Waals surface area (Å²) in [6, 6.07) is 3.64. The zero-order chi connectivity index (χ0) is 20.0. The van der Waals surface area contributed by atoms with Crippen LogP contribution in [0.3, 0.4) is 0 Å². The molecular formula is C21H24FN7S. The number of fused-ring (bicyclic) bond motifs is 2. The second-order valence-corrected chi connectivity index (χ2v) is 7.87. The van der Waals surface area contributed by atoms with Crippen LogP contribution in [0.15, 0.2) is 36.9 Å². The number of nitrogens with zero attached hydrogens (tertiary/aromatic N) is 5. The maximum Gasteiger partial charge on any atom is 0.161 e. The summed E-state index contributed by atoms with van der Waals surface area (Å²) in [6.07, 6.45) is 9.44. The smallest absolute Gasteiger partial charge is 0.161 e. The van der Waals surface area contributed by atoms with Crippen molar-refractivity contribution in [2.45, 2.75) is 45.1 Å². The van der Waals surface area contributed by atoms with E-state index in [0.29, 0.717) is 11.3 Å². The van der Waals surface area contributed by atoms with Gasteiger partial charge in [-0.1, -0.05) is 13.8 Å². The van der Waals surface area contributed by atoms with Crippen molar-refractivity contribution in [2.24, 2.45) is 0 Å². The van der Waals surface area contributed by atoms with E-state index in [1.807, 2.05) is 23.0 Å². The molecule has 0 aromatic carbocycles. The topological polar surface area (TPSA) is 83.8 Å². The van der Waals surface area contributed by atoms with Crippen molar-refractivity contribution < 1.29 is 4.39 Å². The van der Waals surface area contributed by atoms with Crippen molar-refractivity contribution in [1.29, 1.82) is 0 Å². The highest BCUT2D eigenvalue weighted by Gasteiger charge is 2.22. The van der Waals surface area contributed by atoms with Crippen LogP contribution in [-0.2, 0) is 12.8 Å². The third-order valence-corrected chi connectivity index (χ3v) is 5.49. The summed E-state index contributed by atoms with van der Waals surface area (Å²) < 4.78 is 15.6. The lowest BCUT2D eigenvalue weighted by molar-refractivity contribution is 0.600. The van der Waals surface area contributed by atoms with Gasteiger partial charge in [0.15, 0.2) is 5.65 Å². The van der Waals surface area contributed by atoms with Gasteiger partial charge in [0.2, 0.25) is 0 Å². The Balaban J connectivity index is 0.00000218. The number of rotatable bonds is 4. The summed E-state index contributed by atoms with van der Waals surface area (Å²) in [6.45, 7) is 4.23. The number of hydrogen-bond acceptors (Lipinski definition) is 5. The van der Waals surface area contributed by atoms with Gasteiger partial charge in [0, 0.05) is 35.1 Å². The molecule has 9 heteroatoms. The van der Waals surface area contributed by atoms with E-state index < -0.39 is 0 Å². The average Bonchev–Trinajstić information content (AvgIpc) is 3.34. The Bertz CT molecular complexity index is 1180. The third-order valence-electron chi connectivity index (χ3n) is 5.49. The Morgan fingerprint density at radius 2 is 2.07 bits per heavy atom. The van der Waals surface area contributed by atoms with Crippen molar-refractivity contribution in [2.75, 3.05) is 5.32 Å². The summed E-state index contributed by atoms with van der Waals surface area (Å²) in [5, 5.41) is 15.4. The molecule has 1 aliphatic rings. The van der Waals surface area contributed by atoms with E-state index in [4.69, 9.17) is 4.98 Å². The number of halogens is 1. The molecule has 1 aliphatic carbocycles. The molecule has 0 fully saturated rings. The number of aromatic amines is 1. The maximum absolute atomic E-state index is 13.8. The summed E-state index contributed by atoms with van der Waals surface area (Å²) in [4.78, 5) is 8.77. The highest BCUT2D eigenvalue weighted by Crippen LogP contribution is 2.28. The second-order valence-electron chi connectivity index (χ2n) is 7.87. The second kappa shape index (κ2) is 8.06. The number of H-pyrrole nitrogens is 1. The van der Waals surface area contributed by atoms with Crippen LogP contribution in [0.5, 0.6) is 0 Å². The van der Waals surface area contributed by atoms with Crippen LogP contribution >= 0.6 is 13.5 Å². The number of aromatic nitrogens is 6. The molecule has 30 heavy (non-hydrogen) atoms. The van der Waals surface area contributed by atoms with Gasteiger partial charge in [-0.3, -0.25) is 10.1 Å². The third kappa shape index (κ3) is 3.65. The van der Waals surface area contributed by atoms with Gasteiger partial charge >= 0.3 is 0 Å². The first-order valence-corrected chi connectivity index (χ1v) is 9.85. The molecule has 4 aromatic heterocycles. The number of anilines is 1. The molecule has 0 aliphatic heterocycles. The predicted octanol–water partition coefficient (Wildman–Crippen LogP) is 3.86. The monoisotopic (exact) mass is 425 g/mol. The van der Waals surface area contributed by atoms with Crippen molar-refractivity contribution in [3.8, 4) is 11.3 Å². The minimum atomic E-state index is -0.379. The Labute approximate surface area is 180 Å². The minimum absolute atomic E-state index is 0. The van der Waals surface area contributed by atoms with Crippen molar-refractivity contribution >= 4 is 25.0 Å². The highest BCUT2D eigenvalue weighted by atomic mass is 32.1. The zero-order valence-corrected chi connectivity index (χ0v) is 17.9. The molecule has 4 heterocycles. The molecule has 2 N–H and O–H groups in total. The van der Waals surface area contributed by atoms with Crippen LogP contribution in [0, 0.1) is 5.82 Å². The van der Waals surface area contributed by atoms with Crippen LogP contribution in [-0.4, -0.2) is 35.8 Å².